The number of hydrogen-bond donors (Lipinski definition) is 10. The molecule has 0 aromatic carbocycles. The minimum absolute atomic E-state index is 0.708. The summed E-state index contributed by atoms with van der Waals surface area (Å²) >= 11 is 8.40. The highest BCUT2D eigenvalue weighted by molar-refractivity contribution is 8.03. The molecule has 0 fully saturated rings. The highest BCUT2D eigenvalue weighted by Crippen LogP contribution is 2.12. The van der Waals surface area contributed by atoms with Gasteiger partial charge in [-0.1, -0.05) is 0 Å². The molecule has 0 radical (unpaired) electrons. The second-order valence-corrected chi connectivity index (χ2v) is 14.3. The van der Waals surface area contributed by atoms with E-state index in [-0.39, 0.29) is 0 Å². The van der Waals surface area contributed by atoms with Crippen molar-refractivity contribution in [3.63, 3.8) is 0 Å². The molecule has 248 valence electrons. The van der Waals surface area contributed by atoms with Gasteiger partial charge in [0.25, 0.3) is 0 Å². The predicted octanol–water partition coefficient (Wildman–Crippen LogP) is -1.06. The van der Waals surface area contributed by atoms with Gasteiger partial charge >= 0.3 is 0 Å². The third-order valence-corrected chi connectivity index (χ3v) is 10.3. The largest absolute Gasteiger partial charge is 0.329 e. The van der Waals surface area contributed by atoms with Gasteiger partial charge in [-0.25, -0.2) is 0 Å². The Hall–Kier alpha value is 1.000. The summed E-state index contributed by atoms with van der Waals surface area (Å²) in [6.45, 7) is 17.6. The summed E-state index contributed by atoms with van der Waals surface area (Å²) < 4.78 is 0. The first-order valence-corrected chi connectivity index (χ1v) is 20.4. The van der Waals surface area contributed by atoms with Crippen LogP contribution in [0.5, 0.6) is 0 Å². The van der Waals surface area contributed by atoms with E-state index in [2.05, 4.69) is 89.6 Å². The maximum atomic E-state index is 5.44. The lowest BCUT2D eigenvalue weighted by Gasteiger charge is -2.08. The van der Waals surface area contributed by atoms with Gasteiger partial charge < -0.3 is 54.0 Å². The Bertz CT molecular complexity index is 424. The molecule has 14 heteroatoms. The molecule has 0 aliphatic carbocycles. The van der Waals surface area contributed by atoms with E-state index in [0.29, 0.717) is 13.1 Å². The monoisotopic (exact) mass is 658 g/mol. The Balaban J connectivity index is 3.02. The Morgan fingerprint density at radius 1 is 0.268 bits per heavy atom. The molecule has 0 aliphatic heterocycles. The maximum absolute atomic E-state index is 5.44. The van der Waals surface area contributed by atoms with Gasteiger partial charge in [-0.05, 0) is 17.9 Å². The molecule has 0 bridgehead atoms. The Labute approximate surface area is 270 Å². The molecule has 0 heterocycles. The second kappa shape index (κ2) is 41.0. The molecule has 0 unspecified atom stereocenters. The first-order chi connectivity index (χ1) is 20.4. The van der Waals surface area contributed by atoms with Crippen LogP contribution in [0.15, 0.2) is 0 Å². The minimum atomic E-state index is 0.708. The number of thioether (sulfide) groups is 4. The van der Waals surface area contributed by atoms with E-state index < -0.39 is 0 Å². The zero-order valence-corrected chi connectivity index (χ0v) is 29.1. The molecular formula is C27H66N10S4. The van der Waals surface area contributed by atoms with Gasteiger partial charge in [-0.2, -0.15) is 47.0 Å². The Kier molecular flexibility index (Phi) is 42.0. The lowest BCUT2D eigenvalue weighted by molar-refractivity contribution is 0.572. The van der Waals surface area contributed by atoms with Crippen LogP contribution in [0.4, 0.5) is 0 Å². The first kappa shape index (κ1) is 42.0. The maximum Gasteiger partial charge on any atom is 0.00772 e. The normalized spacial score (nSPS) is 11.6. The van der Waals surface area contributed by atoms with Gasteiger partial charge in [0.05, 0.1) is 0 Å². The van der Waals surface area contributed by atoms with Gasteiger partial charge in [-0.15, -0.1) is 0 Å². The van der Waals surface area contributed by atoms with Crippen LogP contribution < -0.4 is 54.0 Å². The second-order valence-electron chi connectivity index (χ2n) is 9.38. The van der Waals surface area contributed by atoms with Crippen molar-refractivity contribution < 1.29 is 0 Å². The van der Waals surface area contributed by atoms with Crippen molar-refractivity contribution in [3.05, 3.63) is 0 Å². The smallest absolute Gasteiger partial charge is 0.00772 e. The number of nitrogens with two attached hydrogens (primary N) is 2. The molecule has 0 amide bonds. The van der Waals surface area contributed by atoms with Crippen molar-refractivity contribution in [1.29, 1.82) is 0 Å². The Morgan fingerprint density at radius 3 is 0.805 bits per heavy atom. The summed E-state index contributed by atoms with van der Waals surface area (Å²) in [6, 6.07) is 0. The van der Waals surface area contributed by atoms with E-state index >= 15 is 0 Å². The fourth-order valence-corrected chi connectivity index (χ4v) is 7.62. The van der Waals surface area contributed by atoms with Crippen molar-refractivity contribution in [2.75, 3.05) is 164 Å². The summed E-state index contributed by atoms with van der Waals surface area (Å²) in [5.74, 6) is 10.2. The highest BCUT2D eigenvalue weighted by atomic mass is 32.2. The highest BCUT2D eigenvalue weighted by Gasteiger charge is 1.96. The summed E-state index contributed by atoms with van der Waals surface area (Å²) in [5.41, 5.74) is 10.9. The van der Waals surface area contributed by atoms with Gasteiger partial charge in [-0.3, -0.25) is 0 Å². The molecule has 10 nitrogen and oxygen atoms in total. The van der Waals surface area contributed by atoms with Crippen molar-refractivity contribution in [3.8, 4) is 0 Å². The van der Waals surface area contributed by atoms with Crippen LogP contribution in [0.3, 0.4) is 0 Å². The van der Waals surface area contributed by atoms with Crippen molar-refractivity contribution >= 4 is 47.0 Å². The molecule has 0 saturated heterocycles. The Morgan fingerprint density at radius 2 is 0.512 bits per heavy atom. The lowest BCUT2D eigenvalue weighted by Crippen LogP contribution is -2.36. The molecule has 0 rings (SSSR count). The average Bonchev–Trinajstić information content (AvgIpc) is 2.98. The van der Waals surface area contributed by atoms with Crippen LogP contribution in [0.1, 0.15) is 6.42 Å². The SMILES string of the molecule is NCCNCCNCCNCCNCCSCCSCCCSCCSCCNCCNCCNCCNCCN. The van der Waals surface area contributed by atoms with Gasteiger partial charge in [0.15, 0.2) is 0 Å². The summed E-state index contributed by atoms with van der Waals surface area (Å²) in [4.78, 5) is 0. The lowest BCUT2D eigenvalue weighted by atomic mass is 10.5. The summed E-state index contributed by atoms with van der Waals surface area (Å²) in [7, 11) is 0. The number of nitrogens with one attached hydrogen (secondary N) is 8. The molecular weight excluding hydrogens is 593 g/mol. The van der Waals surface area contributed by atoms with Crippen LogP contribution >= 0.6 is 47.0 Å². The van der Waals surface area contributed by atoms with E-state index in [9.17, 15) is 0 Å². The topological polar surface area (TPSA) is 148 Å². The fourth-order valence-electron chi connectivity index (χ4n) is 3.46. The van der Waals surface area contributed by atoms with Gasteiger partial charge in [0.2, 0.25) is 0 Å². The summed E-state index contributed by atoms with van der Waals surface area (Å²) in [5, 5.41) is 27.4. The molecule has 0 atom stereocenters. The first-order valence-electron chi connectivity index (χ1n) is 15.8. The molecule has 0 aromatic rings. The minimum Gasteiger partial charge on any atom is -0.329 e. The van der Waals surface area contributed by atoms with Crippen LogP contribution in [-0.4, -0.2) is 164 Å². The van der Waals surface area contributed by atoms with E-state index in [4.69, 9.17) is 11.5 Å². The molecule has 12 N–H and O–H groups in total. The van der Waals surface area contributed by atoms with Crippen LogP contribution in [0, 0.1) is 0 Å². The predicted molar refractivity (Wildman–Crippen MR) is 195 cm³/mol. The zero-order valence-electron chi connectivity index (χ0n) is 25.9. The average molecular weight is 659 g/mol. The molecule has 0 aliphatic rings. The van der Waals surface area contributed by atoms with E-state index in [1.54, 1.807) is 0 Å². The van der Waals surface area contributed by atoms with Crippen molar-refractivity contribution in [2.24, 2.45) is 11.5 Å². The van der Waals surface area contributed by atoms with Crippen LogP contribution in [-0.2, 0) is 0 Å². The standard InChI is InChI=1S/C27H66N10S4/c28-2-4-30-6-8-32-10-12-34-14-16-36-18-22-40-26-24-38-20-1-21-39-25-27-41-23-19-37-17-15-35-13-11-33-9-7-31-5-3-29/h30-37H,1-29H2. The van der Waals surface area contributed by atoms with Crippen LogP contribution in [0.25, 0.3) is 0 Å². The zero-order chi connectivity index (χ0) is 29.6. The van der Waals surface area contributed by atoms with Gasteiger partial charge in [0.1, 0.15) is 0 Å². The van der Waals surface area contributed by atoms with Gasteiger partial charge in [0, 0.05) is 152 Å². The molecule has 0 aromatic heterocycles. The van der Waals surface area contributed by atoms with Crippen LogP contribution in [0.2, 0.25) is 0 Å². The molecule has 41 heavy (non-hydrogen) atoms. The molecule has 0 spiro atoms. The van der Waals surface area contributed by atoms with Crippen molar-refractivity contribution in [1.82, 2.24) is 42.5 Å². The van der Waals surface area contributed by atoms with E-state index in [1.807, 2.05) is 0 Å². The number of rotatable bonds is 38. The summed E-state index contributed by atoms with van der Waals surface area (Å²) in [6.07, 6.45) is 1.34. The third kappa shape index (κ3) is 41.0. The quantitative estimate of drug-likeness (QED) is 0.0368. The van der Waals surface area contributed by atoms with Crippen molar-refractivity contribution in [2.45, 2.75) is 6.42 Å². The van der Waals surface area contributed by atoms with E-state index in [1.165, 1.54) is 52.4 Å². The van der Waals surface area contributed by atoms with E-state index in [0.717, 1.165) is 105 Å². The fraction of sp³-hybridized carbons (Fsp3) is 1.00. The third-order valence-electron chi connectivity index (χ3n) is 5.68. The molecule has 0 saturated carbocycles. The number of hydrogen-bond acceptors (Lipinski definition) is 14.